The summed E-state index contributed by atoms with van der Waals surface area (Å²) in [6.45, 7) is 2.09. The van der Waals surface area contributed by atoms with E-state index in [4.69, 9.17) is 7.12 Å². The standard InChI is InChI=1S/C11H16BN3O4S/c1-7(16)13-3-4-14-9(17)2-5-15-10(18)6-8(20-12)11(15)19/h8H,2-6H2,1H3,(H,13,16)(H,14,17). The molecule has 2 N–H and O–H groups in total. The van der Waals surface area contributed by atoms with Crippen LogP contribution in [0.5, 0.6) is 0 Å². The molecule has 0 aromatic heterocycles. The van der Waals surface area contributed by atoms with Crippen LogP contribution >= 0.6 is 11.6 Å². The summed E-state index contributed by atoms with van der Waals surface area (Å²) in [7, 11) is 5.31. The summed E-state index contributed by atoms with van der Waals surface area (Å²) >= 11 is 0.849. The lowest BCUT2D eigenvalue weighted by molar-refractivity contribution is -0.138. The second-order valence-corrected chi connectivity index (χ2v) is 5.14. The highest BCUT2D eigenvalue weighted by Gasteiger charge is 2.37. The fraction of sp³-hybridized carbons (Fsp3) is 0.636. The number of amides is 4. The van der Waals surface area contributed by atoms with E-state index >= 15 is 0 Å². The molecule has 108 valence electrons. The maximum absolute atomic E-state index is 11.7. The molecule has 0 spiro atoms. The molecule has 1 rings (SSSR count). The fourth-order valence-corrected chi connectivity index (χ4v) is 2.22. The topological polar surface area (TPSA) is 95.6 Å². The van der Waals surface area contributed by atoms with Gasteiger partial charge < -0.3 is 10.6 Å². The highest BCUT2D eigenvalue weighted by Crippen LogP contribution is 2.22. The summed E-state index contributed by atoms with van der Waals surface area (Å²) in [5, 5.41) is 4.58. The molecule has 7 nitrogen and oxygen atoms in total. The Bertz CT molecular complexity index is 418. The molecule has 1 saturated heterocycles. The molecule has 1 aliphatic rings. The van der Waals surface area contributed by atoms with Crippen LogP contribution in [0.2, 0.25) is 0 Å². The number of carbonyl (C=O) groups is 4. The monoisotopic (exact) mass is 297 g/mol. The number of likely N-dealkylation sites (tertiary alicyclic amines) is 1. The molecule has 2 radical (unpaired) electrons. The molecule has 1 aliphatic heterocycles. The van der Waals surface area contributed by atoms with Gasteiger partial charge in [0.2, 0.25) is 23.6 Å². The molecule has 0 aromatic carbocycles. The van der Waals surface area contributed by atoms with Crippen LogP contribution in [0.4, 0.5) is 0 Å². The third kappa shape index (κ3) is 4.88. The van der Waals surface area contributed by atoms with Crippen LogP contribution in [0.3, 0.4) is 0 Å². The smallest absolute Gasteiger partial charge is 0.241 e. The molecule has 1 unspecified atom stereocenters. The van der Waals surface area contributed by atoms with Crippen molar-refractivity contribution in [1.82, 2.24) is 15.5 Å². The van der Waals surface area contributed by atoms with Crippen molar-refractivity contribution in [2.45, 2.75) is 25.0 Å². The van der Waals surface area contributed by atoms with Gasteiger partial charge in [0.1, 0.15) is 0 Å². The van der Waals surface area contributed by atoms with Crippen LogP contribution < -0.4 is 10.6 Å². The van der Waals surface area contributed by atoms with Gasteiger partial charge in [-0.05, 0) is 0 Å². The minimum Gasteiger partial charge on any atom is -0.355 e. The van der Waals surface area contributed by atoms with Crippen LogP contribution in [0.15, 0.2) is 0 Å². The molecule has 1 fully saturated rings. The van der Waals surface area contributed by atoms with Crippen LogP contribution in [0, 0.1) is 0 Å². The molecular weight excluding hydrogens is 281 g/mol. The number of imide groups is 1. The number of nitrogens with one attached hydrogen (secondary N) is 2. The van der Waals surface area contributed by atoms with Crippen LogP contribution in [-0.2, 0) is 19.2 Å². The van der Waals surface area contributed by atoms with E-state index in [-0.39, 0.29) is 43.0 Å². The highest BCUT2D eigenvalue weighted by atomic mass is 32.2. The van der Waals surface area contributed by atoms with E-state index in [9.17, 15) is 19.2 Å². The number of nitrogens with zero attached hydrogens (tertiary/aromatic N) is 1. The summed E-state index contributed by atoms with van der Waals surface area (Å²) in [5.74, 6) is -1.09. The van der Waals surface area contributed by atoms with Gasteiger partial charge in [0.05, 0.1) is 5.25 Å². The van der Waals surface area contributed by atoms with Crippen molar-refractivity contribution in [1.29, 1.82) is 0 Å². The van der Waals surface area contributed by atoms with Gasteiger partial charge in [-0.2, -0.15) is 0 Å². The lowest BCUT2D eigenvalue weighted by Gasteiger charge is -2.14. The van der Waals surface area contributed by atoms with Crippen molar-refractivity contribution in [2.24, 2.45) is 0 Å². The highest BCUT2D eigenvalue weighted by molar-refractivity contribution is 8.20. The third-order valence-electron chi connectivity index (χ3n) is 2.75. The Labute approximate surface area is 122 Å². The molecule has 9 heteroatoms. The number of hydrogen-bond acceptors (Lipinski definition) is 5. The van der Waals surface area contributed by atoms with Crippen LogP contribution in [0.25, 0.3) is 0 Å². The zero-order valence-electron chi connectivity index (χ0n) is 11.2. The Morgan fingerprint density at radius 2 is 2.00 bits per heavy atom. The van der Waals surface area contributed by atoms with E-state index in [2.05, 4.69) is 10.6 Å². The van der Waals surface area contributed by atoms with Gasteiger partial charge in [-0.15, -0.1) is 0 Å². The first-order valence-electron chi connectivity index (χ1n) is 6.16. The Morgan fingerprint density at radius 1 is 1.35 bits per heavy atom. The summed E-state index contributed by atoms with van der Waals surface area (Å²) in [4.78, 5) is 46.5. The normalized spacial score (nSPS) is 18.2. The van der Waals surface area contributed by atoms with Crippen LogP contribution in [-0.4, -0.2) is 60.5 Å². The quantitative estimate of drug-likeness (QED) is 0.341. The van der Waals surface area contributed by atoms with Crippen molar-refractivity contribution in [3.05, 3.63) is 0 Å². The van der Waals surface area contributed by atoms with Gasteiger partial charge in [0.25, 0.3) is 0 Å². The van der Waals surface area contributed by atoms with Gasteiger partial charge >= 0.3 is 0 Å². The maximum Gasteiger partial charge on any atom is 0.241 e. The summed E-state index contributed by atoms with van der Waals surface area (Å²) in [5.41, 5.74) is 0. The number of rotatable bonds is 7. The van der Waals surface area contributed by atoms with Crippen molar-refractivity contribution < 1.29 is 19.2 Å². The van der Waals surface area contributed by atoms with Crippen molar-refractivity contribution >= 4 is 42.4 Å². The zero-order chi connectivity index (χ0) is 15.1. The Kier molecular flexibility index (Phi) is 6.56. The minimum absolute atomic E-state index is 0.0412. The predicted octanol–water partition coefficient (Wildman–Crippen LogP) is -1.43. The summed E-state index contributed by atoms with van der Waals surface area (Å²) in [6.07, 6.45) is 0.129. The molecule has 1 heterocycles. The second kappa shape index (κ2) is 7.93. The zero-order valence-corrected chi connectivity index (χ0v) is 12.0. The van der Waals surface area contributed by atoms with Crippen molar-refractivity contribution in [3.8, 4) is 0 Å². The van der Waals surface area contributed by atoms with E-state index in [0.717, 1.165) is 16.5 Å². The van der Waals surface area contributed by atoms with Gasteiger partial charge in [-0.1, -0.05) is 0 Å². The first-order valence-corrected chi connectivity index (χ1v) is 7.11. The molecule has 4 amide bonds. The SMILES string of the molecule is [B]SC1CC(=O)N(CCC(=O)NCCNC(C)=O)C1=O. The summed E-state index contributed by atoms with van der Waals surface area (Å²) in [6, 6.07) is 0. The Hall–Kier alpha value is -1.51. The predicted molar refractivity (Wildman–Crippen MR) is 74.8 cm³/mol. The largest absolute Gasteiger partial charge is 0.355 e. The fourth-order valence-electron chi connectivity index (χ4n) is 1.74. The third-order valence-corrected chi connectivity index (χ3v) is 3.45. The molecule has 1 atom stereocenters. The van der Waals surface area contributed by atoms with E-state index < -0.39 is 5.25 Å². The van der Waals surface area contributed by atoms with E-state index in [0.29, 0.717) is 13.1 Å². The number of carbonyl (C=O) groups excluding carboxylic acids is 4. The van der Waals surface area contributed by atoms with Crippen molar-refractivity contribution in [2.75, 3.05) is 19.6 Å². The van der Waals surface area contributed by atoms with Gasteiger partial charge in [-0.25, -0.2) is 11.6 Å². The van der Waals surface area contributed by atoms with Gasteiger partial charge in [0, 0.05) is 39.4 Å². The van der Waals surface area contributed by atoms with Crippen molar-refractivity contribution in [3.63, 3.8) is 0 Å². The maximum atomic E-state index is 11.7. The van der Waals surface area contributed by atoms with Gasteiger partial charge in [0.15, 0.2) is 7.12 Å². The molecule has 0 bridgehead atoms. The molecule has 0 aliphatic carbocycles. The Balaban J connectivity index is 2.25. The Morgan fingerprint density at radius 3 is 2.55 bits per heavy atom. The number of hydrogen-bond donors (Lipinski definition) is 2. The van der Waals surface area contributed by atoms with E-state index in [1.54, 1.807) is 0 Å². The van der Waals surface area contributed by atoms with E-state index in [1.807, 2.05) is 0 Å². The molecule has 0 saturated carbocycles. The van der Waals surface area contributed by atoms with Crippen LogP contribution in [0.1, 0.15) is 19.8 Å². The van der Waals surface area contributed by atoms with E-state index in [1.165, 1.54) is 6.92 Å². The first-order chi connectivity index (χ1) is 9.45. The summed E-state index contributed by atoms with van der Waals surface area (Å²) < 4.78 is 0. The second-order valence-electron chi connectivity index (χ2n) is 4.30. The minimum atomic E-state index is -0.537. The molecular formula is C11H16BN3O4S. The van der Waals surface area contributed by atoms with Gasteiger partial charge in [-0.3, -0.25) is 24.1 Å². The molecule has 0 aromatic rings. The average molecular weight is 297 g/mol. The lowest BCUT2D eigenvalue weighted by atomic mass is 10.3. The molecule has 20 heavy (non-hydrogen) atoms. The lowest BCUT2D eigenvalue weighted by Crippen LogP contribution is -2.37. The first kappa shape index (κ1) is 16.5. The average Bonchev–Trinajstić information content (AvgIpc) is 2.67.